The number of carbonyl (C=O) groups excluding carboxylic acids is 1. The van der Waals surface area contributed by atoms with Crippen LogP contribution in [-0.2, 0) is 17.1 Å². The zero-order valence-corrected chi connectivity index (χ0v) is 15.3. The lowest BCUT2D eigenvalue weighted by molar-refractivity contribution is -0.138. The van der Waals surface area contributed by atoms with E-state index in [1.807, 2.05) is 0 Å². The third-order valence-electron chi connectivity index (χ3n) is 3.78. The summed E-state index contributed by atoms with van der Waals surface area (Å²) in [6.07, 6.45) is -8.20. The summed E-state index contributed by atoms with van der Waals surface area (Å²) in [5.41, 5.74) is -2.24. The lowest BCUT2D eigenvalue weighted by Gasteiger charge is -2.16. The van der Waals surface area contributed by atoms with Crippen LogP contribution in [0.2, 0.25) is 0 Å². The molecule has 2 nitrogen and oxygen atoms in total. The normalized spacial score (nSPS) is 16.9. The second kappa shape index (κ2) is 7.25. The number of carbonyl (C=O) groups is 1. The predicted molar refractivity (Wildman–Crippen MR) is 98.5 cm³/mol. The summed E-state index contributed by atoms with van der Waals surface area (Å²) in [7, 11) is 0. The first-order valence-corrected chi connectivity index (χ1v) is 8.82. The van der Waals surface area contributed by atoms with Crippen molar-refractivity contribution in [1.29, 1.82) is 0 Å². The highest BCUT2D eigenvalue weighted by Crippen LogP contribution is 2.40. The Kier molecular flexibility index (Phi) is 5.28. The summed E-state index contributed by atoms with van der Waals surface area (Å²) in [6.45, 7) is 0. The molecule has 0 saturated carbocycles. The van der Waals surface area contributed by atoms with E-state index in [0.717, 1.165) is 47.0 Å². The average Bonchev–Trinajstić information content (AvgIpc) is 2.87. The van der Waals surface area contributed by atoms with Crippen molar-refractivity contribution in [3.8, 4) is 0 Å². The fourth-order valence-electron chi connectivity index (χ4n) is 2.53. The van der Waals surface area contributed by atoms with Gasteiger partial charge in [0, 0.05) is 0 Å². The van der Waals surface area contributed by atoms with Crippen molar-refractivity contribution in [3.05, 3.63) is 70.1 Å². The molecule has 0 aliphatic carbocycles. The van der Waals surface area contributed by atoms with Gasteiger partial charge in [-0.25, -0.2) is 0 Å². The van der Waals surface area contributed by atoms with Crippen molar-refractivity contribution in [3.63, 3.8) is 0 Å². The number of amides is 1. The molecule has 28 heavy (non-hydrogen) atoms. The smallest absolute Gasteiger partial charge is 0.268 e. The number of nitrogens with zero attached hydrogens (tertiary/aromatic N) is 1. The molecule has 1 heterocycles. The van der Waals surface area contributed by atoms with Crippen LogP contribution in [0.4, 0.5) is 32.0 Å². The van der Waals surface area contributed by atoms with Gasteiger partial charge in [0.25, 0.3) is 5.91 Å². The molecular formula is C18H9F6NOS2. The molecule has 0 bridgehead atoms. The van der Waals surface area contributed by atoms with E-state index in [-0.39, 0.29) is 20.5 Å². The largest absolute Gasteiger partial charge is 0.416 e. The van der Waals surface area contributed by atoms with E-state index in [1.54, 1.807) is 0 Å². The highest BCUT2D eigenvalue weighted by Gasteiger charge is 2.37. The van der Waals surface area contributed by atoms with Crippen molar-refractivity contribution in [2.75, 3.05) is 4.90 Å². The summed E-state index contributed by atoms with van der Waals surface area (Å²) in [5, 5.41) is 0. The van der Waals surface area contributed by atoms with Gasteiger partial charge >= 0.3 is 12.4 Å². The van der Waals surface area contributed by atoms with Crippen LogP contribution in [0, 0.1) is 0 Å². The first kappa shape index (κ1) is 20.4. The van der Waals surface area contributed by atoms with Gasteiger partial charge in [-0.1, -0.05) is 48.2 Å². The fraction of sp³-hybridized carbons (Fsp3) is 0.111. The molecule has 1 saturated heterocycles. The van der Waals surface area contributed by atoms with Crippen LogP contribution in [0.25, 0.3) is 6.08 Å². The topological polar surface area (TPSA) is 20.3 Å². The van der Waals surface area contributed by atoms with E-state index in [2.05, 4.69) is 0 Å². The molecule has 0 atom stereocenters. The molecule has 1 aliphatic rings. The SMILES string of the molecule is O=C1C(=Cc2ccccc2C(F)(F)F)SC(=S)N1c1cccc(C(F)(F)F)c1. The third-order valence-corrected chi connectivity index (χ3v) is 5.08. The summed E-state index contributed by atoms with van der Waals surface area (Å²) in [5.74, 6) is -0.786. The zero-order chi connectivity index (χ0) is 20.7. The number of alkyl halides is 6. The first-order valence-electron chi connectivity index (χ1n) is 7.60. The van der Waals surface area contributed by atoms with Gasteiger partial charge in [0.15, 0.2) is 4.32 Å². The van der Waals surface area contributed by atoms with Crippen LogP contribution in [-0.4, -0.2) is 10.2 Å². The van der Waals surface area contributed by atoms with Gasteiger partial charge in [-0.05, 0) is 35.9 Å². The van der Waals surface area contributed by atoms with Gasteiger partial charge in [-0.2, -0.15) is 26.3 Å². The van der Waals surface area contributed by atoms with Gasteiger partial charge in [0.1, 0.15) is 0 Å². The molecule has 0 aromatic heterocycles. The van der Waals surface area contributed by atoms with E-state index in [0.29, 0.717) is 0 Å². The highest BCUT2D eigenvalue weighted by atomic mass is 32.2. The van der Waals surface area contributed by atoms with Crippen molar-refractivity contribution in [1.82, 2.24) is 0 Å². The standard InChI is InChI=1S/C18H9F6NOS2/c19-17(20,21)11-5-3-6-12(9-11)25-15(26)14(28-16(25)27)8-10-4-1-2-7-13(10)18(22,23)24/h1-9H. The lowest BCUT2D eigenvalue weighted by Crippen LogP contribution is -2.27. The van der Waals surface area contributed by atoms with Crippen molar-refractivity contribution < 1.29 is 31.1 Å². The van der Waals surface area contributed by atoms with Crippen LogP contribution >= 0.6 is 24.0 Å². The van der Waals surface area contributed by atoms with Gasteiger partial charge in [-0.15, -0.1) is 0 Å². The monoisotopic (exact) mass is 433 g/mol. The predicted octanol–water partition coefficient (Wildman–Crippen LogP) is 6.13. The Labute approximate surface area is 164 Å². The molecule has 1 fully saturated rings. The molecule has 0 spiro atoms. The van der Waals surface area contributed by atoms with Crippen LogP contribution in [0.3, 0.4) is 0 Å². The minimum atomic E-state index is -4.62. The number of hydrogen-bond donors (Lipinski definition) is 0. The second-order valence-electron chi connectivity index (χ2n) is 5.65. The maximum atomic E-state index is 13.1. The highest BCUT2D eigenvalue weighted by molar-refractivity contribution is 8.27. The molecule has 0 N–H and O–H groups in total. The van der Waals surface area contributed by atoms with Crippen LogP contribution < -0.4 is 4.90 Å². The van der Waals surface area contributed by atoms with E-state index < -0.39 is 29.4 Å². The Hall–Kier alpha value is -2.33. The number of halogens is 6. The average molecular weight is 433 g/mol. The van der Waals surface area contributed by atoms with Crippen LogP contribution in [0.5, 0.6) is 0 Å². The maximum absolute atomic E-state index is 13.1. The molecule has 10 heteroatoms. The molecule has 0 radical (unpaired) electrons. The Bertz CT molecular complexity index is 981. The van der Waals surface area contributed by atoms with Crippen LogP contribution in [0.15, 0.2) is 53.4 Å². The van der Waals surface area contributed by atoms with Gasteiger partial charge in [0.2, 0.25) is 0 Å². The van der Waals surface area contributed by atoms with E-state index in [9.17, 15) is 31.1 Å². The number of benzene rings is 2. The molecule has 1 aliphatic heterocycles. The Morgan fingerprint density at radius 2 is 1.61 bits per heavy atom. The van der Waals surface area contributed by atoms with Gasteiger partial charge in [-0.3, -0.25) is 9.69 Å². The molecule has 0 unspecified atom stereocenters. The quantitative estimate of drug-likeness (QED) is 0.323. The molecule has 3 rings (SSSR count). The summed E-state index contributed by atoms with van der Waals surface area (Å²) >= 11 is 5.78. The number of rotatable bonds is 2. The number of anilines is 1. The zero-order valence-electron chi connectivity index (χ0n) is 13.6. The minimum Gasteiger partial charge on any atom is -0.268 e. The summed E-state index contributed by atoms with van der Waals surface area (Å²) < 4.78 is 78.1. The summed E-state index contributed by atoms with van der Waals surface area (Å²) in [4.78, 5) is 13.4. The molecule has 1 amide bonds. The number of hydrogen-bond acceptors (Lipinski definition) is 3. The van der Waals surface area contributed by atoms with Crippen molar-refractivity contribution in [2.45, 2.75) is 12.4 Å². The van der Waals surface area contributed by atoms with E-state index in [1.165, 1.54) is 24.3 Å². The van der Waals surface area contributed by atoms with Crippen molar-refractivity contribution in [2.24, 2.45) is 0 Å². The van der Waals surface area contributed by atoms with Crippen LogP contribution in [0.1, 0.15) is 16.7 Å². The Balaban J connectivity index is 1.99. The first-order chi connectivity index (χ1) is 13.0. The van der Waals surface area contributed by atoms with Gasteiger partial charge < -0.3 is 0 Å². The molecule has 2 aromatic carbocycles. The fourth-order valence-corrected chi connectivity index (χ4v) is 3.82. The number of thiocarbonyl (C=S) groups is 1. The lowest BCUT2D eigenvalue weighted by atomic mass is 10.1. The summed E-state index contributed by atoms with van der Waals surface area (Å²) in [6, 6.07) is 8.67. The van der Waals surface area contributed by atoms with E-state index >= 15 is 0 Å². The Morgan fingerprint density at radius 3 is 2.25 bits per heavy atom. The van der Waals surface area contributed by atoms with Crippen molar-refractivity contribution >= 4 is 46.0 Å². The maximum Gasteiger partial charge on any atom is 0.416 e. The molecule has 2 aromatic rings. The molecular weight excluding hydrogens is 424 g/mol. The Morgan fingerprint density at radius 1 is 0.929 bits per heavy atom. The van der Waals surface area contributed by atoms with E-state index in [4.69, 9.17) is 12.2 Å². The van der Waals surface area contributed by atoms with Gasteiger partial charge in [0.05, 0.1) is 21.7 Å². The third kappa shape index (κ3) is 4.07. The second-order valence-corrected chi connectivity index (χ2v) is 7.33. The number of thioether (sulfide) groups is 1. The molecule has 146 valence electrons. The minimum absolute atomic E-state index is 0.0694.